The first-order valence-electron chi connectivity index (χ1n) is 11.5. The van der Waals surface area contributed by atoms with Crippen molar-refractivity contribution in [3.63, 3.8) is 0 Å². The highest BCUT2D eigenvalue weighted by molar-refractivity contribution is 6.30. The number of aliphatic hydroxyl groups excluding tert-OH is 1. The van der Waals surface area contributed by atoms with Crippen LogP contribution in [-0.2, 0) is 6.54 Å². The summed E-state index contributed by atoms with van der Waals surface area (Å²) in [6.45, 7) is 4.11. The van der Waals surface area contributed by atoms with Gasteiger partial charge in [0.25, 0.3) is 5.91 Å². The number of likely N-dealkylation sites (tertiary alicyclic amines) is 1. The van der Waals surface area contributed by atoms with Crippen LogP contribution in [0.15, 0.2) is 54.7 Å². The molecule has 1 amide bonds. The molecule has 0 radical (unpaired) electrons. The second-order valence-corrected chi connectivity index (χ2v) is 9.13. The Morgan fingerprint density at radius 3 is 2.59 bits per heavy atom. The molecule has 7 nitrogen and oxygen atoms in total. The lowest BCUT2D eigenvalue weighted by Gasteiger charge is -2.29. The topological polar surface area (TPSA) is 67.2 Å². The van der Waals surface area contributed by atoms with Gasteiger partial charge in [-0.05, 0) is 42.3 Å². The van der Waals surface area contributed by atoms with Gasteiger partial charge in [0.1, 0.15) is 12.3 Å². The monoisotopic (exact) mass is 481 g/mol. The molecule has 5 rings (SSSR count). The number of ether oxygens (including phenoxy) is 2. The van der Waals surface area contributed by atoms with E-state index in [-0.39, 0.29) is 12.0 Å². The molecular weight excluding hydrogens is 454 g/mol. The van der Waals surface area contributed by atoms with Gasteiger partial charge in [0.15, 0.2) is 11.5 Å². The van der Waals surface area contributed by atoms with Crippen molar-refractivity contribution < 1.29 is 19.4 Å². The fourth-order valence-corrected chi connectivity index (χ4v) is 4.74. The largest absolute Gasteiger partial charge is 0.493 e. The Hall–Kier alpha value is -3.00. The van der Waals surface area contributed by atoms with Gasteiger partial charge in [-0.3, -0.25) is 9.69 Å². The second kappa shape index (κ2) is 9.70. The lowest BCUT2D eigenvalue weighted by Crippen LogP contribution is -2.39. The Labute approximate surface area is 204 Å². The molecule has 0 saturated carbocycles. The standard InChI is InChI=1S/C26H28ClN3O4/c1-33-25-15-21(6-7-24(25)34-13-12-28-9-8-22(31)17-28)30-11-10-29-16-19(14-23(29)26(30)32)18-2-4-20(27)5-3-18/h2-7,14-16,22,31H,8-13,17H2,1H3/t22-/m0/s1. The Bertz CT molecular complexity index is 1180. The van der Waals surface area contributed by atoms with Crippen LogP contribution in [0.1, 0.15) is 16.9 Å². The molecule has 8 heteroatoms. The smallest absolute Gasteiger partial charge is 0.274 e. The third-order valence-electron chi connectivity index (χ3n) is 6.47. The summed E-state index contributed by atoms with van der Waals surface area (Å²) >= 11 is 6.01. The number of nitrogens with zero attached hydrogens (tertiary/aromatic N) is 3. The summed E-state index contributed by atoms with van der Waals surface area (Å²) in [5.74, 6) is 1.19. The minimum atomic E-state index is -0.237. The minimum Gasteiger partial charge on any atom is -0.493 e. The zero-order chi connectivity index (χ0) is 23.7. The minimum absolute atomic E-state index is 0.0465. The fourth-order valence-electron chi connectivity index (χ4n) is 4.61. The number of aromatic nitrogens is 1. The number of β-amino-alcohol motifs (C(OH)–C–C–N with tert-alkyl or cyclic N) is 1. The molecule has 1 saturated heterocycles. The Morgan fingerprint density at radius 1 is 1.03 bits per heavy atom. The van der Waals surface area contributed by atoms with E-state index in [9.17, 15) is 9.90 Å². The predicted molar refractivity (Wildman–Crippen MR) is 132 cm³/mol. The van der Waals surface area contributed by atoms with Crippen LogP contribution in [0.4, 0.5) is 5.69 Å². The first kappa shape index (κ1) is 22.8. The highest BCUT2D eigenvalue weighted by Crippen LogP contribution is 2.34. The maximum atomic E-state index is 13.3. The number of fused-ring (bicyclic) bond motifs is 1. The lowest BCUT2D eigenvalue weighted by atomic mass is 10.1. The van der Waals surface area contributed by atoms with Gasteiger partial charge in [0, 0.05) is 61.3 Å². The number of hydrogen-bond acceptors (Lipinski definition) is 5. The van der Waals surface area contributed by atoms with Gasteiger partial charge in [-0.1, -0.05) is 23.7 Å². The second-order valence-electron chi connectivity index (χ2n) is 8.70. The van der Waals surface area contributed by atoms with Crippen LogP contribution in [0.3, 0.4) is 0 Å². The van der Waals surface area contributed by atoms with Crippen molar-refractivity contribution in [1.82, 2.24) is 9.47 Å². The molecule has 178 valence electrons. The fraction of sp³-hybridized carbons (Fsp3) is 0.346. The highest BCUT2D eigenvalue weighted by atomic mass is 35.5. The van der Waals surface area contributed by atoms with E-state index < -0.39 is 0 Å². The van der Waals surface area contributed by atoms with Crippen molar-refractivity contribution in [2.45, 2.75) is 19.1 Å². The van der Waals surface area contributed by atoms with E-state index in [1.807, 2.05) is 59.3 Å². The normalized spacial score (nSPS) is 18.3. The van der Waals surface area contributed by atoms with Gasteiger partial charge >= 0.3 is 0 Å². The molecule has 0 unspecified atom stereocenters. The molecular formula is C26H28ClN3O4. The highest BCUT2D eigenvalue weighted by Gasteiger charge is 2.27. The molecule has 3 heterocycles. The van der Waals surface area contributed by atoms with E-state index in [2.05, 4.69) is 4.90 Å². The summed E-state index contributed by atoms with van der Waals surface area (Å²) in [4.78, 5) is 17.3. The molecule has 2 aliphatic heterocycles. The number of rotatable bonds is 7. The number of amides is 1. The summed E-state index contributed by atoms with van der Waals surface area (Å²) in [6.07, 6.45) is 2.59. The van der Waals surface area contributed by atoms with Crippen LogP contribution in [0, 0.1) is 0 Å². The Morgan fingerprint density at radius 2 is 1.85 bits per heavy atom. The van der Waals surface area contributed by atoms with Crippen molar-refractivity contribution in [2.24, 2.45) is 0 Å². The number of carbonyl (C=O) groups excluding carboxylic acids is 1. The van der Waals surface area contributed by atoms with Gasteiger partial charge in [0.2, 0.25) is 0 Å². The van der Waals surface area contributed by atoms with Crippen molar-refractivity contribution in [2.75, 3.05) is 44.8 Å². The molecule has 2 aliphatic rings. The van der Waals surface area contributed by atoms with Crippen molar-refractivity contribution in [1.29, 1.82) is 0 Å². The maximum absolute atomic E-state index is 13.3. The zero-order valence-corrected chi connectivity index (χ0v) is 19.9. The number of anilines is 1. The molecule has 0 spiro atoms. The van der Waals surface area contributed by atoms with Gasteiger partial charge in [-0.2, -0.15) is 0 Å². The SMILES string of the molecule is COc1cc(N2CCn3cc(-c4ccc(Cl)cc4)cc3C2=O)ccc1OCCN1CC[C@H](O)C1. The summed E-state index contributed by atoms with van der Waals surface area (Å²) < 4.78 is 13.5. The van der Waals surface area contributed by atoms with E-state index in [0.717, 1.165) is 36.3 Å². The summed E-state index contributed by atoms with van der Waals surface area (Å²) in [5, 5.41) is 10.3. The van der Waals surface area contributed by atoms with E-state index in [4.69, 9.17) is 21.1 Å². The third kappa shape index (κ3) is 4.64. The van der Waals surface area contributed by atoms with Crippen molar-refractivity contribution in [3.8, 4) is 22.6 Å². The van der Waals surface area contributed by atoms with Gasteiger partial charge < -0.3 is 24.0 Å². The van der Waals surface area contributed by atoms with Crippen LogP contribution in [0.2, 0.25) is 5.02 Å². The number of halogens is 1. The molecule has 2 aromatic carbocycles. The first-order chi connectivity index (χ1) is 16.5. The Kier molecular flexibility index (Phi) is 6.50. The summed E-state index contributed by atoms with van der Waals surface area (Å²) in [6, 6.07) is 15.2. The zero-order valence-electron chi connectivity index (χ0n) is 19.1. The van der Waals surface area contributed by atoms with E-state index in [1.54, 1.807) is 12.0 Å². The predicted octanol–water partition coefficient (Wildman–Crippen LogP) is 3.92. The Balaban J connectivity index is 1.29. The first-order valence-corrected chi connectivity index (χ1v) is 11.9. The van der Waals surface area contributed by atoms with E-state index >= 15 is 0 Å². The van der Waals surface area contributed by atoms with Gasteiger partial charge in [-0.15, -0.1) is 0 Å². The number of aliphatic hydroxyl groups is 1. The van der Waals surface area contributed by atoms with Gasteiger partial charge in [-0.25, -0.2) is 0 Å². The van der Waals surface area contributed by atoms with Crippen LogP contribution >= 0.6 is 11.6 Å². The van der Waals surface area contributed by atoms with E-state index in [1.165, 1.54) is 0 Å². The average molecular weight is 482 g/mol. The summed E-state index contributed by atoms with van der Waals surface area (Å²) in [7, 11) is 1.60. The summed E-state index contributed by atoms with van der Waals surface area (Å²) in [5.41, 5.74) is 3.45. The molecule has 0 aliphatic carbocycles. The molecule has 1 fully saturated rings. The number of methoxy groups -OCH3 is 1. The van der Waals surface area contributed by atoms with E-state index in [0.29, 0.717) is 48.5 Å². The molecule has 3 aromatic rings. The average Bonchev–Trinajstić information content (AvgIpc) is 3.47. The van der Waals surface area contributed by atoms with Crippen LogP contribution in [0.25, 0.3) is 11.1 Å². The number of benzene rings is 2. The quantitative estimate of drug-likeness (QED) is 0.554. The van der Waals surface area contributed by atoms with Crippen LogP contribution in [0.5, 0.6) is 11.5 Å². The third-order valence-corrected chi connectivity index (χ3v) is 6.73. The number of carbonyl (C=O) groups is 1. The molecule has 1 N–H and O–H groups in total. The maximum Gasteiger partial charge on any atom is 0.274 e. The van der Waals surface area contributed by atoms with Gasteiger partial charge in [0.05, 0.1) is 13.2 Å². The van der Waals surface area contributed by atoms with Crippen molar-refractivity contribution in [3.05, 3.63) is 65.4 Å². The molecule has 34 heavy (non-hydrogen) atoms. The molecule has 1 aromatic heterocycles. The van der Waals surface area contributed by atoms with Crippen LogP contribution < -0.4 is 14.4 Å². The lowest BCUT2D eigenvalue weighted by molar-refractivity contribution is 0.0965. The molecule has 0 bridgehead atoms. The number of hydrogen-bond donors (Lipinski definition) is 1. The van der Waals surface area contributed by atoms with Crippen LogP contribution in [-0.4, -0.2) is 66.5 Å². The van der Waals surface area contributed by atoms with Crippen molar-refractivity contribution >= 4 is 23.2 Å². The molecule has 1 atom stereocenters.